The minimum Gasteiger partial charge on any atom is -0.358 e. The summed E-state index contributed by atoms with van der Waals surface area (Å²) in [4.78, 5) is 24.5. The molecule has 1 aliphatic rings. The van der Waals surface area contributed by atoms with E-state index in [0.717, 1.165) is 19.3 Å². The highest BCUT2D eigenvalue weighted by Gasteiger charge is 2.26. The van der Waals surface area contributed by atoms with Gasteiger partial charge < -0.3 is 5.32 Å². The second kappa shape index (κ2) is 5.10. The standard InChI is InChI=1S/C10H18N2O2/c1-11-10(14)7-12(2)8-5-3-4-6-9(8)13/h8H,3-7H2,1-2H3,(H,11,14). The molecule has 0 aromatic carbocycles. The van der Waals surface area contributed by atoms with Crippen LogP contribution in [0.5, 0.6) is 0 Å². The molecule has 1 N–H and O–H groups in total. The molecule has 80 valence electrons. The molecule has 4 heteroatoms. The lowest BCUT2D eigenvalue weighted by atomic mass is 9.93. The van der Waals surface area contributed by atoms with E-state index in [-0.39, 0.29) is 17.7 Å². The van der Waals surface area contributed by atoms with E-state index in [2.05, 4.69) is 5.32 Å². The summed E-state index contributed by atoms with van der Waals surface area (Å²) in [6.45, 7) is 0.312. The summed E-state index contributed by atoms with van der Waals surface area (Å²) < 4.78 is 0. The van der Waals surface area contributed by atoms with Gasteiger partial charge in [0.25, 0.3) is 0 Å². The zero-order valence-electron chi connectivity index (χ0n) is 8.88. The summed E-state index contributed by atoms with van der Waals surface area (Å²) in [7, 11) is 3.45. The molecular formula is C10H18N2O2. The van der Waals surface area contributed by atoms with Crippen molar-refractivity contribution < 1.29 is 9.59 Å². The van der Waals surface area contributed by atoms with Crippen LogP contribution in [-0.4, -0.2) is 43.3 Å². The molecule has 1 amide bonds. The SMILES string of the molecule is CNC(=O)CN(C)C1CCCCC1=O. The molecule has 0 saturated heterocycles. The van der Waals surface area contributed by atoms with E-state index >= 15 is 0 Å². The molecule has 4 nitrogen and oxygen atoms in total. The first-order valence-corrected chi connectivity index (χ1v) is 5.08. The molecule has 0 spiro atoms. The van der Waals surface area contributed by atoms with Crippen LogP contribution in [0.15, 0.2) is 0 Å². The van der Waals surface area contributed by atoms with Crippen LogP contribution in [0.3, 0.4) is 0 Å². The molecule has 1 rings (SSSR count). The predicted molar refractivity (Wildman–Crippen MR) is 54.0 cm³/mol. The van der Waals surface area contributed by atoms with Gasteiger partial charge in [0.15, 0.2) is 0 Å². The Morgan fingerprint density at radius 1 is 1.57 bits per heavy atom. The third-order valence-corrected chi connectivity index (χ3v) is 2.73. The van der Waals surface area contributed by atoms with E-state index in [4.69, 9.17) is 0 Å². The molecule has 0 aromatic rings. The Morgan fingerprint density at radius 2 is 2.29 bits per heavy atom. The van der Waals surface area contributed by atoms with E-state index in [1.807, 2.05) is 11.9 Å². The molecule has 0 aromatic heterocycles. The largest absolute Gasteiger partial charge is 0.358 e. The summed E-state index contributed by atoms with van der Waals surface area (Å²) in [5, 5.41) is 2.56. The van der Waals surface area contributed by atoms with Gasteiger partial charge in [-0.2, -0.15) is 0 Å². The zero-order chi connectivity index (χ0) is 10.6. The number of carbonyl (C=O) groups is 2. The van der Waals surface area contributed by atoms with Crippen LogP contribution in [-0.2, 0) is 9.59 Å². The molecule has 1 saturated carbocycles. The zero-order valence-corrected chi connectivity index (χ0v) is 8.88. The van der Waals surface area contributed by atoms with Crippen molar-refractivity contribution in [1.29, 1.82) is 0 Å². The van der Waals surface area contributed by atoms with Crippen molar-refractivity contribution in [3.8, 4) is 0 Å². The molecule has 0 radical (unpaired) electrons. The summed E-state index contributed by atoms with van der Waals surface area (Å²) in [6.07, 6.45) is 3.66. The van der Waals surface area contributed by atoms with Crippen molar-refractivity contribution in [2.75, 3.05) is 20.6 Å². The lowest BCUT2D eigenvalue weighted by Crippen LogP contribution is -2.44. The van der Waals surface area contributed by atoms with Crippen LogP contribution >= 0.6 is 0 Å². The van der Waals surface area contributed by atoms with Crippen LogP contribution < -0.4 is 5.32 Å². The maximum Gasteiger partial charge on any atom is 0.233 e. The van der Waals surface area contributed by atoms with E-state index in [1.54, 1.807) is 7.05 Å². The minimum atomic E-state index is -0.0407. The smallest absolute Gasteiger partial charge is 0.233 e. The number of hydrogen-bond donors (Lipinski definition) is 1. The van der Waals surface area contributed by atoms with Crippen molar-refractivity contribution in [1.82, 2.24) is 10.2 Å². The Hall–Kier alpha value is -0.900. The summed E-state index contributed by atoms with van der Waals surface area (Å²) in [5.41, 5.74) is 0. The maximum absolute atomic E-state index is 11.5. The van der Waals surface area contributed by atoms with Gasteiger partial charge in [-0.25, -0.2) is 0 Å². The number of nitrogens with zero attached hydrogens (tertiary/aromatic N) is 1. The molecule has 14 heavy (non-hydrogen) atoms. The second-order valence-electron chi connectivity index (χ2n) is 3.82. The Bertz CT molecular complexity index is 228. The van der Waals surface area contributed by atoms with Gasteiger partial charge in [0, 0.05) is 13.5 Å². The van der Waals surface area contributed by atoms with Gasteiger partial charge in [0.1, 0.15) is 5.78 Å². The highest BCUT2D eigenvalue weighted by Crippen LogP contribution is 2.18. The lowest BCUT2D eigenvalue weighted by molar-refractivity contribution is -0.128. The fourth-order valence-electron chi connectivity index (χ4n) is 1.85. The monoisotopic (exact) mass is 198 g/mol. The number of amides is 1. The number of hydrogen-bond acceptors (Lipinski definition) is 3. The molecule has 1 fully saturated rings. The topological polar surface area (TPSA) is 49.4 Å². The van der Waals surface area contributed by atoms with Crippen LogP contribution in [0.1, 0.15) is 25.7 Å². The molecular weight excluding hydrogens is 180 g/mol. The number of nitrogens with one attached hydrogen (secondary N) is 1. The fourth-order valence-corrected chi connectivity index (χ4v) is 1.85. The highest BCUT2D eigenvalue weighted by atomic mass is 16.2. The summed E-state index contributed by atoms with van der Waals surface area (Å²) >= 11 is 0. The van der Waals surface area contributed by atoms with Crippen LogP contribution in [0, 0.1) is 0 Å². The van der Waals surface area contributed by atoms with Crippen LogP contribution in [0.25, 0.3) is 0 Å². The Labute approximate surface area is 84.7 Å². The minimum absolute atomic E-state index is 0.0362. The van der Waals surface area contributed by atoms with Gasteiger partial charge in [-0.15, -0.1) is 0 Å². The van der Waals surface area contributed by atoms with Crippen LogP contribution in [0.4, 0.5) is 0 Å². The Balaban J connectivity index is 2.45. The number of carbonyl (C=O) groups excluding carboxylic acids is 2. The molecule has 1 atom stereocenters. The molecule has 1 aliphatic carbocycles. The van der Waals surface area contributed by atoms with E-state index < -0.39 is 0 Å². The predicted octanol–water partition coefficient (Wildman–Crippen LogP) is 0.176. The number of likely N-dealkylation sites (N-methyl/N-ethyl adjacent to an activating group) is 2. The Kier molecular flexibility index (Phi) is 4.07. The third-order valence-electron chi connectivity index (χ3n) is 2.73. The quantitative estimate of drug-likeness (QED) is 0.703. The first-order chi connectivity index (χ1) is 6.65. The van der Waals surface area contributed by atoms with E-state index in [1.165, 1.54) is 0 Å². The summed E-state index contributed by atoms with van der Waals surface area (Å²) in [5.74, 6) is 0.244. The van der Waals surface area contributed by atoms with Crippen LogP contribution in [0.2, 0.25) is 0 Å². The van der Waals surface area contributed by atoms with Crippen molar-refractivity contribution in [3.63, 3.8) is 0 Å². The average molecular weight is 198 g/mol. The summed E-state index contributed by atoms with van der Waals surface area (Å²) in [6, 6.07) is -0.0407. The second-order valence-corrected chi connectivity index (χ2v) is 3.82. The fraction of sp³-hybridized carbons (Fsp3) is 0.800. The first-order valence-electron chi connectivity index (χ1n) is 5.08. The number of ketones is 1. The maximum atomic E-state index is 11.5. The van der Waals surface area contributed by atoms with Crippen molar-refractivity contribution in [3.05, 3.63) is 0 Å². The number of rotatable bonds is 3. The third kappa shape index (κ3) is 2.80. The van der Waals surface area contributed by atoms with Gasteiger partial charge in [-0.1, -0.05) is 6.42 Å². The van der Waals surface area contributed by atoms with Crippen molar-refractivity contribution in [2.24, 2.45) is 0 Å². The van der Waals surface area contributed by atoms with Gasteiger partial charge in [-0.3, -0.25) is 14.5 Å². The number of Topliss-reactive ketones (excluding diaryl/α,β-unsaturated/α-hetero) is 1. The first kappa shape index (κ1) is 11.2. The van der Waals surface area contributed by atoms with Gasteiger partial charge in [-0.05, 0) is 19.9 Å². The normalized spacial score (nSPS) is 22.5. The van der Waals surface area contributed by atoms with Gasteiger partial charge in [0.05, 0.1) is 12.6 Å². The molecule has 0 heterocycles. The average Bonchev–Trinajstić information content (AvgIpc) is 2.18. The van der Waals surface area contributed by atoms with Gasteiger partial charge in [0.2, 0.25) is 5.91 Å². The molecule has 1 unspecified atom stereocenters. The van der Waals surface area contributed by atoms with E-state index in [0.29, 0.717) is 13.0 Å². The lowest BCUT2D eigenvalue weighted by Gasteiger charge is -2.29. The van der Waals surface area contributed by atoms with Crippen molar-refractivity contribution >= 4 is 11.7 Å². The van der Waals surface area contributed by atoms with Crippen molar-refractivity contribution in [2.45, 2.75) is 31.7 Å². The Morgan fingerprint density at radius 3 is 2.86 bits per heavy atom. The molecule has 0 bridgehead atoms. The van der Waals surface area contributed by atoms with Gasteiger partial charge >= 0.3 is 0 Å². The highest BCUT2D eigenvalue weighted by molar-refractivity contribution is 5.85. The van der Waals surface area contributed by atoms with E-state index in [9.17, 15) is 9.59 Å². The molecule has 0 aliphatic heterocycles.